The van der Waals surface area contributed by atoms with Crippen LogP contribution in [0.25, 0.3) is 5.69 Å². The number of anilines is 1. The van der Waals surface area contributed by atoms with E-state index in [9.17, 15) is 18.0 Å². The number of hydrogen-bond donors (Lipinski definition) is 2. The Morgan fingerprint density at radius 3 is 2.65 bits per heavy atom. The van der Waals surface area contributed by atoms with E-state index in [1.165, 1.54) is 12.8 Å². The largest absolute Gasteiger partial charge is 0.435 e. The van der Waals surface area contributed by atoms with Crippen LogP contribution < -0.4 is 11.1 Å². The molecule has 10 heteroatoms. The van der Waals surface area contributed by atoms with Crippen LogP contribution in [0.4, 0.5) is 18.9 Å². The van der Waals surface area contributed by atoms with Gasteiger partial charge in [0.15, 0.2) is 5.69 Å². The Bertz CT molecular complexity index is 1380. The first kappa shape index (κ1) is 24.8. The summed E-state index contributed by atoms with van der Waals surface area (Å²) in [6.07, 6.45) is 5.26. The second kappa shape index (κ2) is 10.2. The first-order valence-corrected chi connectivity index (χ1v) is 12.2. The molecule has 1 amide bonds. The Balaban J connectivity index is 1.44. The molecule has 1 aliphatic rings. The molecule has 7 nitrogen and oxygen atoms in total. The van der Waals surface area contributed by atoms with Gasteiger partial charge in [-0.15, -0.1) is 0 Å². The van der Waals surface area contributed by atoms with Crippen molar-refractivity contribution in [1.82, 2.24) is 19.3 Å². The molecule has 0 saturated heterocycles. The van der Waals surface area contributed by atoms with Gasteiger partial charge in [0.05, 0.1) is 18.1 Å². The summed E-state index contributed by atoms with van der Waals surface area (Å²) in [5.74, 6) is 0.0604. The molecule has 192 valence electrons. The molecule has 4 aromatic rings. The molecule has 37 heavy (non-hydrogen) atoms. The van der Waals surface area contributed by atoms with Crippen molar-refractivity contribution in [3.8, 4) is 5.69 Å². The van der Waals surface area contributed by atoms with Gasteiger partial charge in [-0.2, -0.15) is 18.3 Å². The minimum Gasteiger partial charge on any atom is -0.330 e. The predicted octanol–water partition coefficient (Wildman–Crippen LogP) is 5.58. The molecular formula is C27H27F3N6O. The van der Waals surface area contributed by atoms with E-state index >= 15 is 0 Å². The number of nitrogens with two attached hydrogens (primary N) is 1. The number of aromatic nitrogens is 4. The summed E-state index contributed by atoms with van der Waals surface area (Å²) < 4.78 is 43.6. The van der Waals surface area contributed by atoms with Crippen molar-refractivity contribution in [2.75, 3.05) is 5.32 Å². The fourth-order valence-electron chi connectivity index (χ4n) is 4.45. The van der Waals surface area contributed by atoms with E-state index in [4.69, 9.17) is 5.73 Å². The summed E-state index contributed by atoms with van der Waals surface area (Å²) in [6, 6.07) is 14.8. The Morgan fingerprint density at radius 1 is 1.14 bits per heavy atom. The van der Waals surface area contributed by atoms with Gasteiger partial charge in [-0.3, -0.25) is 4.79 Å². The Morgan fingerprint density at radius 2 is 1.95 bits per heavy atom. The molecule has 1 fully saturated rings. The molecule has 5 rings (SSSR count). The Labute approximate surface area is 212 Å². The summed E-state index contributed by atoms with van der Waals surface area (Å²) in [7, 11) is 0. The third-order valence-corrected chi connectivity index (χ3v) is 6.58. The molecule has 0 aliphatic heterocycles. The number of hydrogen-bond acceptors (Lipinski definition) is 4. The minimum absolute atomic E-state index is 0.0429. The summed E-state index contributed by atoms with van der Waals surface area (Å²) in [4.78, 5) is 17.4. The van der Waals surface area contributed by atoms with E-state index in [-0.39, 0.29) is 18.3 Å². The first-order chi connectivity index (χ1) is 17.8. The number of alkyl halides is 3. The van der Waals surface area contributed by atoms with Gasteiger partial charge in [-0.25, -0.2) is 9.67 Å². The standard InChI is InChI=1S/C27H27F3N6O/c28-27(29,30)25-15-24(36(34-25)22-6-1-3-19(13-22)16-31)26(37)33-21-5-2-4-20(14-21)23(10-9-18-7-8-18)35-12-11-32-17-35/h1-6,11-15,17-18,23H,7-10,16,31H2,(H,33,37). The van der Waals surface area contributed by atoms with Crippen molar-refractivity contribution in [1.29, 1.82) is 0 Å². The number of nitrogens with zero attached hydrogens (tertiary/aromatic N) is 4. The van der Waals surface area contributed by atoms with Gasteiger partial charge in [0, 0.05) is 30.7 Å². The van der Waals surface area contributed by atoms with E-state index in [2.05, 4.69) is 15.4 Å². The number of carbonyl (C=O) groups is 1. The van der Waals surface area contributed by atoms with Crippen LogP contribution >= 0.6 is 0 Å². The lowest BCUT2D eigenvalue weighted by atomic mass is 9.99. The predicted molar refractivity (Wildman–Crippen MR) is 133 cm³/mol. The second-order valence-electron chi connectivity index (χ2n) is 9.32. The van der Waals surface area contributed by atoms with Crippen LogP contribution in [0.5, 0.6) is 0 Å². The van der Waals surface area contributed by atoms with Crippen LogP contribution in [0.15, 0.2) is 73.3 Å². The summed E-state index contributed by atoms with van der Waals surface area (Å²) in [5.41, 5.74) is 6.80. The van der Waals surface area contributed by atoms with Crippen LogP contribution in [0, 0.1) is 5.92 Å². The number of imidazole rings is 1. The zero-order chi connectivity index (χ0) is 26.0. The average molecular weight is 509 g/mol. The van der Waals surface area contributed by atoms with Crippen molar-refractivity contribution in [2.45, 2.75) is 44.4 Å². The lowest BCUT2D eigenvalue weighted by Crippen LogP contribution is -2.17. The van der Waals surface area contributed by atoms with Crippen molar-refractivity contribution in [2.24, 2.45) is 11.7 Å². The molecular weight excluding hydrogens is 481 g/mol. The maximum absolute atomic E-state index is 13.5. The van der Waals surface area contributed by atoms with Crippen LogP contribution in [0.3, 0.4) is 0 Å². The molecule has 0 spiro atoms. The Kier molecular flexibility index (Phi) is 6.84. The van der Waals surface area contributed by atoms with E-state index < -0.39 is 17.8 Å². The third kappa shape index (κ3) is 5.75. The minimum atomic E-state index is -4.70. The first-order valence-electron chi connectivity index (χ1n) is 12.2. The molecule has 3 N–H and O–H groups in total. The highest BCUT2D eigenvalue weighted by Crippen LogP contribution is 2.37. The van der Waals surface area contributed by atoms with Crippen LogP contribution in [0.1, 0.15) is 59.0 Å². The molecule has 0 radical (unpaired) electrons. The van der Waals surface area contributed by atoms with Crippen molar-refractivity contribution >= 4 is 11.6 Å². The van der Waals surface area contributed by atoms with Crippen molar-refractivity contribution < 1.29 is 18.0 Å². The number of carbonyl (C=O) groups excluding carboxylic acids is 1. The van der Waals surface area contributed by atoms with Gasteiger partial charge in [0.2, 0.25) is 0 Å². The van der Waals surface area contributed by atoms with E-state index in [1.54, 1.807) is 42.9 Å². The molecule has 1 saturated carbocycles. The second-order valence-corrected chi connectivity index (χ2v) is 9.32. The Hall–Kier alpha value is -3.92. The molecule has 2 heterocycles. The number of amides is 1. The number of rotatable bonds is 9. The number of benzene rings is 2. The molecule has 2 aromatic heterocycles. The van der Waals surface area contributed by atoms with E-state index in [0.717, 1.165) is 35.1 Å². The molecule has 1 aliphatic carbocycles. The van der Waals surface area contributed by atoms with Crippen LogP contribution in [0.2, 0.25) is 0 Å². The van der Waals surface area contributed by atoms with Gasteiger partial charge in [-0.05, 0) is 54.2 Å². The van der Waals surface area contributed by atoms with E-state index in [0.29, 0.717) is 16.9 Å². The van der Waals surface area contributed by atoms with E-state index in [1.807, 2.05) is 29.0 Å². The highest BCUT2D eigenvalue weighted by atomic mass is 19.4. The summed E-state index contributed by atoms with van der Waals surface area (Å²) >= 11 is 0. The lowest BCUT2D eigenvalue weighted by Gasteiger charge is -2.20. The van der Waals surface area contributed by atoms with Gasteiger partial charge in [0.1, 0.15) is 5.69 Å². The zero-order valence-electron chi connectivity index (χ0n) is 20.0. The number of halogens is 3. The SMILES string of the molecule is NCc1cccc(-n2nc(C(F)(F)F)cc2C(=O)Nc2cccc(C(CCC3CC3)n3ccnc3)c2)c1. The summed E-state index contributed by atoms with van der Waals surface area (Å²) in [6.45, 7) is 0.203. The fraction of sp³-hybridized carbons (Fsp3) is 0.296. The van der Waals surface area contributed by atoms with Gasteiger partial charge < -0.3 is 15.6 Å². The molecule has 1 atom stereocenters. The molecule has 1 unspecified atom stereocenters. The third-order valence-electron chi connectivity index (χ3n) is 6.58. The van der Waals surface area contributed by atoms with Gasteiger partial charge >= 0.3 is 6.18 Å². The summed E-state index contributed by atoms with van der Waals surface area (Å²) in [5, 5.41) is 6.46. The van der Waals surface area contributed by atoms with Gasteiger partial charge in [0.25, 0.3) is 5.91 Å². The molecule has 2 aromatic carbocycles. The monoisotopic (exact) mass is 508 g/mol. The quantitative estimate of drug-likeness (QED) is 0.309. The van der Waals surface area contributed by atoms with Crippen LogP contribution in [-0.2, 0) is 12.7 Å². The van der Waals surface area contributed by atoms with Crippen molar-refractivity contribution in [3.05, 3.63) is 95.8 Å². The normalized spacial score (nSPS) is 14.5. The van der Waals surface area contributed by atoms with Gasteiger partial charge in [-0.1, -0.05) is 37.1 Å². The van der Waals surface area contributed by atoms with Crippen molar-refractivity contribution in [3.63, 3.8) is 0 Å². The smallest absolute Gasteiger partial charge is 0.330 e. The number of nitrogens with one attached hydrogen (secondary N) is 1. The highest BCUT2D eigenvalue weighted by Gasteiger charge is 2.36. The highest BCUT2D eigenvalue weighted by molar-refractivity contribution is 6.03. The maximum Gasteiger partial charge on any atom is 0.435 e. The maximum atomic E-state index is 13.5. The fourth-order valence-corrected chi connectivity index (χ4v) is 4.45. The molecule has 0 bridgehead atoms. The zero-order valence-corrected chi connectivity index (χ0v) is 20.0. The topological polar surface area (TPSA) is 90.8 Å². The average Bonchev–Trinajstić information content (AvgIpc) is 3.35. The lowest BCUT2D eigenvalue weighted by molar-refractivity contribution is -0.141. The van der Waals surface area contributed by atoms with Crippen LogP contribution in [-0.4, -0.2) is 25.2 Å².